The molecule has 0 aliphatic carbocycles. The van der Waals surface area contributed by atoms with Crippen LogP contribution < -0.4 is 5.32 Å². The number of alkyl carbamates (subject to hydrolysis) is 1. The zero-order chi connectivity index (χ0) is 39.0. The molecule has 10 nitrogen and oxygen atoms in total. The fourth-order valence-electron chi connectivity index (χ4n) is 7.23. The summed E-state index contributed by atoms with van der Waals surface area (Å²) in [5.74, 6) is -0.817. The molecule has 0 radical (unpaired) electrons. The summed E-state index contributed by atoms with van der Waals surface area (Å²) in [7, 11) is 2.12. The lowest BCUT2D eigenvalue weighted by atomic mass is 9.98. The van der Waals surface area contributed by atoms with Gasteiger partial charge in [-0.1, -0.05) is 127 Å². The van der Waals surface area contributed by atoms with Crippen molar-refractivity contribution >= 4 is 17.9 Å². The van der Waals surface area contributed by atoms with Gasteiger partial charge >= 0.3 is 6.09 Å². The van der Waals surface area contributed by atoms with Crippen molar-refractivity contribution in [3.8, 4) is 11.1 Å². The molecule has 5 aromatic rings. The van der Waals surface area contributed by atoms with Gasteiger partial charge in [0.25, 0.3) is 5.91 Å². The van der Waals surface area contributed by atoms with E-state index in [-0.39, 0.29) is 50.3 Å². The highest BCUT2D eigenvalue weighted by Gasteiger charge is 2.40. The second-order valence-corrected chi connectivity index (χ2v) is 14.5. The molecule has 1 unspecified atom stereocenters. The second kappa shape index (κ2) is 17.9. The number of aliphatic hydroxyl groups excluding tert-OH is 1. The van der Waals surface area contributed by atoms with Gasteiger partial charge in [-0.3, -0.25) is 19.4 Å². The number of imide groups is 1. The molecule has 10 heteroatoms. The number of likely N-dealkylation sites (N-methyl/N-ethyl adjacent to an activating group) is 1. The molecule has 2 fully saturated rings. The van der Waals surface area contributed by atoms with Gasteiger partial charge in [-0.2, -0.15) is 0 Å². The maximum absolute atomic E-state index is 13.2. The quantitative estimate of drug-likeness (QED) is 0.118. The van der Waals surface area contributed by atoms with Gasteiger partial charge in [0.2, 0.25) is 5.91 Å². The number of rotatable bonds is 13. The molecular weight excluding hydrogens is 707 g/mol. The molecule has 0 saturated carbocycles. The van der Waals surface area contributed by atoms with Crippen LogP contribution >= 0.6 is 0 Å². The van der Waals surface area contributed by atoms with Gasteiger partial charge in [-0.15, -0.1) is 0 Å². The van der Waals surface area contributed by atoms with Gasteiger partial charge in [0.15, 0.2) is 6.29 Å². The van der Waals surface area contributed by atoms with E-state index in [4.69, 9.17) is 14.2 Å². The van der Waals surface area contributed by atoms with Crippen LogP contribution in [0.4, 0.5) is 4.79 Å². The summed E-state index contributed by atoms with van der Waals surface area (Å²) in [6.07, 6.45) is -1.08. The van der Waals surface area contributed by atoms with Crippen molar-refractivity contribution in [1.29, 1.82) is 0 Å². The van der Waals surface area contributed by atoms with Crippen molar-refractivity contribution in [1.82, 2.24) is 15.1 Å². The number of nitrogens with one attached hydrogen (secondary N) is 1. The summed E-state index contributed by atoms with van der Waals surface area (Å²) in [6.45, 7) is 3.05. The summed E-state index contributed by atoms with van der Waals surface area (Å²) >= 11 is 0. The third-order valence-corrected chi connectivity index (χ3v) is 10.6. The van der Waals surface area contributed by atoms with Crippen molar-refractivity contribution in [2.24, 2.45) is 0 Å². The maximum atomic E-state index is 13.2. The molecule has 56 heavy (non-hydrogen) atoms. The molecule has 0 bridgehead atoms. The number of likely N-dealkylation sites (tertiary alicyclic amines) is 1. The Morgan fingerprint density at radius 1 is 0.821 bits per heavy atom. The van der Waals surface area contributed by atoms with E-state index in [1.54, 1.807) is 0 Å². The Balaban J connectivity index is 1.01. The Morgan fingerprint density at radius 3 is 2.21 bits per heavy atom. The first kappa shape index (κ1) is 38.6. The lowest BCUT2D eigenvalue weighted by molar-refractivity contribution is -0.253. The molecule has 5 aromatic carbocycles. The summed E-state index contributed by atoms with van der Waals surface area (Å²) in [6, 6.07) is 42.6. The third-order valence-electron chi connectivity index (χ3n) is 10.6. The van der Waals surface area contributed by atoms with Crippen molar-refractivity contribution in [3.63, 3.8) is 0 Å². The predicted molar refractivity (Wildman–Crippen MR) is 212 cm³/mol. The van der Waals surface area contributed by atoms with Gasteiger partial charge < -0.3 is 24.6 Å². The first-order valence-corrected chi connectivity index (χ1v) is 19.0. The van der Waals surface area contributed by atoms with Crippen LogP contribution in [0.5, 0.6) is 0 Å². The molecule has 2 N–H and O–H groups in total. The predicted octanol–water partition coefficient (Wildman–Crippen LogP) is 7.64. The summed E-state index contributed by atoms with van der Waals surface area (Å²) in [4.78, 5) is 42.0. The van der Waals surface area contributed by atoms with Crippen molar-refractivity contribution < 1.29 is 33.7 Å². The average Bonchev–Trinajstić information content (AvgIpc) is 3.50. The number of nitrogens with zero attached hydrogens (tertiary/aromatic N) is 2. The monoisotopic (exact) mass is 753 g/mol. The molecule has 0 spiro atoms. The van der Waals surface area contributed by atoms with Crippen LogP contribution in [-0.4, -0.2) is 58.6 Å². The molecule has 2 heterocycles. The number of ether oxygens (including phenoxy) is 3. The highest BCUT2D eigenvalue weighted by Crippen LogP contribution is 2.39. The van der Waals surface area contributed by atoms with Crippen LogP contribution in [0.15, 0.2) is 133 Å². The van der Waals surface area contributed by atoms with E-state index in [9.17, 15) is 19.5 Å². The largest absolute Gasteiger partial charge is 0.445 e. The number of carbonyl (C=O) groups is 3. The number of hydrogen-bond donors (Lipinski definition) is 2. The topological polar surface area (TPSA) is 118 Å². The number of amides is 3. The number of carbonyl (C=O) groups excluding carboxylic acids is 3. The van der Waals surface area contributed by atoms with Crippen LogP contribution in [0.25, 0.3) is 11.1 Å². The van der Waals surface area contributed by atoms with Crippen LogP contribution in [-0.2, 0) is 43.6 Å². The van der Waals surface area contributed by atoms with Crippen molar-refractivity contribution in [2.75, 3.05) is 13.6 Å². The van der Waals surface area contributed by atoms with Crippen LogP contribution in [0.1, 0.15) is 71.6 Å². The molecule has 2 aliphatic heterocycles. The Morgan fingerprint density at radius 2 is 1.50 bits per heavy atom. The minimum Gasteiger partial charge on any atom is -0.445 e. The van der Waals surface area contributed by atoms with Crippen LogP contribution in [0.3, 0.4) is 0 Å². The van der Waals surface area contributed by atoms with Gasteiger partial charge in [-0.05, 0) is 59.0 Å². The zero-order valence-corrected chi connectivity index (χ0v) is 31.6. The molecule has 3 amide bonds. The standard InChI is InChI=1S/C46H47N3O7/c1-31(35-13-7-4-8-14-35)48(2)28-40-25-42(37-18-16-32(29-50)17-19-37)56-45(55-40)38-22-20-36(21-23-38)39-15-9-12-34(24-39)27-49-43(51)26-41(44(49)52)47-46(53)54-30-33-10-5-3-6-11-33/h3-24,31,40-42,45,50H,25-30H2,1-2H3,(H,47,53)/t31-,40-,41?,42+,45+/m0/s1. The molecule has 2 aliphatic rings. The molecular formula is C46H47N3O7. The molecule has 5 atom stereocenters. The van der Waals surface area contributed by atoms with Gasteiger partial charge in [0, 0.05) is 24.6 Å². The SMILES string of the molecule is C[C@@H](c1ccccc1)N(C)C[C@@H]1C[C@H](c2ccc(CO)cc2)O[C@H](c2ccc(-c3cccc(CN4C(=O)CC(NC(=O)OCc5ccccc5)C4=O)c3)cc2)O1. The van der Waals surface area contributed by atoms with E-state index >= 15 is 0 Å². The molecule has 288 valence electrons. The Hall–Kier alpha value is -5.65. The van der Waals surface area contributed by atoms with Crippen LogP contribution in [0, 0.1) is 0 Å². The van der Waals surface area contributed by atoms with E-state index in [2.05, 4.69) is 48.5 Å². The highest BCUT2D eigenvalue weighted by molar-refractivity contribution is 6.06. The van der Waals surface area contributed by atoms with Crippen molar-refractivity contribution in [3.05, 3.63) is 167 Å². The number of aliphatic hydroxyl groups is 1. The van der Waals surface area contributed by atoms with E-state index in [0.29, 0.717) is 13.0 Å². The van der Waals surface area contributed by atoms with E-state index in [1.165, 1.54) is 10.5 Å². The minimum atomic E-state index is -0.975. The molecule has 0 aromatic heterocycles. The van der Waals surface area contributed by atoms with E-state index < -0.39 is 24.3 Å². The first-order chi connectivity index (χ1) is 27.2. The van der Waals surface area contributed by atoms with E-state index in [1.807, 2.05) is 109 Å². The zero-order valence-electron chi connectivity index (χ0n) is 31.6. The smallest absolute Gasteiger partial charge is 0.408 e. The van der Waals surface area contributed by atoms with E-state index in [0.717, 1.165) is 38.9 Å². The minimum absolute atomic E-state index is 0.0159. The Kier molecular flexibility index (Phi) is 12.3. The third kappa shape index (κ3) is 9.41. The lowest BCUT2D eigenvalue weighted by Gasteiger charge is -2.39. The Labute approximate surface area is 327 Å². The Bertz CT molecular complexity index is 2090. The normalized spacial score (nSPS) is 20.2. The fraction of sp³-hybridized carbons (Fsp3) is 0.283. The maximum Gasteiger partial charge on any atom is 0.408 e. The average molecular weight is 754 g/mol. The highest BCUT2D eigenvalue weighted by atomic mass is 16.7. The van der Waals surface area contributed by atoms with Crippen LogP contribution in [0.2, 0.25) is 0 Å². The first-order valence-electron chi connectivity index (χ1n) is 19.0. The molecule has 2 saturated heterocycles. The summed E-state index contributed by atoms with van der Waals surface area (Å²) in [5.41, 5.74) is 7.50. The number of hydrogen-bond acceptors (Lipinski definition) is 8. The number of benzene rings is 5. The lowest BCUT2D eigenvalue weighted by Crippen LogP contribution is -2.41. The van der Waals surface area contributed by atoms with Gasteiger partial charge in [-0.25, -0.2) is 4.79 Å². The summed E-state index contributed by atoms with van der Waals surface area (Å²) < 4.78 is 18.5. The molecule has 7 rings (SSSR count). The van der Waals surface area contributed by atoms with Crippen molar-refractivity contribution in [2.45, 2.75) is 70.1 Å². The summed E-state index contributed by atoms with van der Waals surface area (Å²) in [5, 5.41) is 12.1. The fourth-order valence-corrected chi connectivity index (χ4v) is 7.23. The second-order valence-electron chi connectivity index (χ2n) is 14.5. The van der Waals surface area contributed by atoms with Gasteiger partial charge in [0.05, 0.1) is 31.8 Å². The van der Waals surface area contributed by atoms with Gasteiger partial charge in [0.1, 0.15) is 12.6 Å².